The van der Waals surface area contributed by atoms with Crippen LogP contribution < -0.4 is 10.0 Å². The quantitative estimate of drug-likeness (QED) is 0.351. The first-order valence-corrected chi connectivity index (χ1v) is 12.2. The molecule has 168 valence electrons. The third-order valence-electron chi connectivity index (χ3n) is 5.52. The predicted octanol–water partition coefficient (Wildman–Crippen LogP) is 5.37. The van der Waals surface area contributed by atoms with Gasteiger partial charge in [0.05, 0.1) is 22.5 Å². The van der Waals surface area contributed by atoms with Crippen molar-refractivity contribution in [2.45, 2.75) is 11.3 Å². The number of benzene rings is 4. The van der Waals surface area contributed by atoms with Crippen LogP contribution >= 0.6 is 0 Å². The first-order chi connectivity index (χ1) is 16.5. The Labute approximate surface area is 197 Å². The molecule has 0 atom stereocenters. The zero-order chi connectivity index (χ0) is 23.5. The van der Waals surface area contributed by atoms with Crippen LogP contribution in [0.2, 0.25) is 0 Å². The van der Waals surface area contributed by atoms with Crippen LogP contribution in [0.3, 0.4) is 0 Å². The van der Waals surface area contributed by atoms with Crippen molar-refractivity contribution < 1.29 is 13.2 Å². The molecule has 7 heteroatoms. The lowest BCUT2D eigenvalue weighted by molar-refractivity contribution is -0.115. The molecule has 0 bridgehead atoms. The molecule has 0 saturated carbocycles. The summed E-state index contributed by atoms with van der Waals surface area (Å²) in [4.78, 5) is 17.1. The van der Waals surface area contributed by atoms with Crippen molar-refractivity contribution in [1.29, 1.82) is 0 Å². The highest BCUT2D eigenvalue weighted by Gasteiger charge is 2.15. The van der Waals surface area contributed by atoms with Gasteiger partial charge in [-0.25, -0.2) is 8.42 Å². The van der Waals surface area contributed by atoms with E-state index in [4.69, 9.17) is 0 Å². The summed E-state index contributed by atoms with van der Waals surface area (Å²) in [6.45, 7) is 0. The zero-order valence-electron chi connectivity index (χ0n) is 18.1. The Hall–Kier alpha value is -4.23. The average Bonchev–Trinajstić information content (AvgIpc) is 2.85. The molecule has 6 nitrogen and oxygen atoms in total. The van der Waals surface area contributed by atoms with Gasteiger partial charge in [-0.1, -0.05) is 48.5 Å². The summed E-state index contributed by atoms with van der Waals surface area (Å²) >= 11 is 0. The molecule has 5 rings (SSSR count). The number of carbonyl (C=O) groups excluding carboxylic acids is 1. The van der Waals surface area contributed by atoms with E-state index in [0.717, 1.165) is 27.2 Å². The van der Waals surface area contributed by atoms with Gasteiger partial charge in [-0.2, -0.15) is 0 Å². The smallest absolute Gasteiger partial charge is 0.261 e. The van der Waals surface area contributed by atoms with E-state index in [0.29, 0.717) is 11.4 Å². The number of pyridine rings is 1. The topological polar surface area (TPSA) is 88.2 Å². The van der Waals surface area contributed by atoms with Gasteiger partial charge in [-0.3, -0.25) is 14.5 Å². The van der Waals surface area contributed by atoms with Crippen molar-refractivity contribution in [2.75, 3.05) is 10.0 Å². The summed E-state index contributed by atoms with van der Waals surface area (Å²) in [5.74, 6) is -0.166. The third kappa shape index (κ3) is 4.60. The maximum Gasteiger partial charge on any atom is 0.261 e. The van der Waals surface area contributed by atoms with Crippen LogP contribution in [0, 0.1) is 0 Å². The Morgan fingerprint density at radius 2 is 1.59 bits per heavy atom. The van der Waals surface area contributed by atoms with Crippen molar-refractivity contribution in [3.8, 4) is 0 Å². The van der Waals surface area contributed by atoms with Gasteiger partial charge in [0, 0.05) is 17.3 Å². The van der Waals surface area contributed by atoms with E-state index >= 15 is 0 Å². The molecule has 2 N–H and O–H groups in total. The Balaban J connectivity index is 1.27. The Morgan fingerprint density at radius 1 is 0.794 bits per heavy atom. The lowest BCUT2D eigenvalue weighted by atomic mass is 10.1. The maximum atomic E-state index is 12.8. The molecule has 34 heavy (non-hydrogen) atoms. The van der Waals surface area contributed by atoms with Crippen molar-refractivity contribution in [1.82, 2.24) is 4.98 Å². The van der Waals surface area contributed by atoms with E-state index in [2.05, 4.69) is 15.0 Å². The van der Waals surface area contributed by atoms with Gasteiger partial charge in [0.25, 0.3) is 10.0 Å². The van der Waals surface area contributed by atoms with E-state index in [1.54, 1.807) is 48.7 Å². The molecule has 4 aromatic carbocycles. The van der Waals surface area contributed by atoms with E-state index in [9.17, 15) is 13.2 Å². The monoisotopic (exact) mass is 467 g/mol. The van der Waals surface area contributed by atoms with Gasteiger partial charge in [0.2, 0.25) is 5.91 Å². The van der Waals surface area contributed by atoms with Crippen molar-refractivity contribution in [2.24, 2.45) is 0 Å². The number of hydrogen-bond donors (Lipinski definition) is 2. The van der Waals surface area contributed by atoms with Gasteiger partial charge in [0.15, 0.2) is 0 Å². The summed E-state index contributed by atoms with van der Waals surface area (Å²) in [6, 6.07) is 28.7. The number of rotatable bonds is 6. The largest absolute Gasteiger partial charge is 0.325 e. The number of sulfonamides is 1. The lowest BCUT2D eigenvalue weighted by Gasteiger charge is -2.11. The van der Waals surface area contributed by atoms with E-state index < -0.39 is 10.0 Å². The first kappa shape index (κ1) is 21.6. The number of nitrogens with zero attached hydrogens (tertiary/aromatic N) is 1. The minimum absolute atomic E-state index is 0.161. The van der Waals surface area contributed by atoms with Crippen LogP contribution in [0.5, 0.6) is 0 Å². The molecular weight excluding hydrogens is 446 g/mol. The Kier molecular flexibility index (Phi) is 5.69. The van der Waals surface area contributed by atoms with Gasteiger partial charge in [0.1, 0.15) is 0 Å². The van der Waals surface area contributed by atoms with Gasteiger partial charge in [-0.15, -0.1) is 0 Å². The number of anilines is 2. The van der Waals surface area contributed by atoms with Crippen LogP contribution in [-0.4, -0.2) is 19.3 Å². The molecule has 0 aliphatic heterocycles. The minimum Gasteiger partial charge on any atom is -0.325 e. The average molecular weight is 468 g/mol. The van der Waals surface area contributed by atoms with E-state index in [1.165, 1.54) is 0 Å². The van der Waals surface area contributed by atoms with Gasteiger partial charge < -0.3 is 5.32 Å². The van der Waals surface area contributed by atoms with E-state index in [1.807, 2.05) is 54.6 Å². The molecule has 1 heterocycles. The summed E-state index contributed by atoms with van der Waals surface area (Å²) in [5.41, 5.74) is 2.71. The molecule has 0 spiro atoms. The highest BCUT2D eigenvalue weighted by molar-refractivity contribution is 7.92. The van der Waals surface area contributed by atoms with E-state index in [-0.39, 0.29) is 17.2 Å². The molecule has 0 unspecified atom stereocenters. The Morgan fingerprint density at radius 3 is 2.41 bits per heavy atom. The highest BCUT2D eigenvalue weighted by atomic mass is 32.2. The summed E-state index contributed by atoms with van der Waals surface area (Å²) in [7, 11) is -3.74. The van der Waals surface area contributed by atoms with Crippen LogP contribution in [-0.2, 0) is 21.2 Å². The van der Waals surface area contributed by atoms with Crippen LogP contribution in [0.4, 0.5) is 11.4 Å². The molecule has 1 amide bonds. The fourth-order valence-electron chi connectivity index (χ4n) is 3.83. The van der Waals surface area contributed by atoms with Crippen LogP contribution in [0.15, 0.2) is 108 Å². The fourth-order valence-corrected chi connectivity index (χ4v) is 4.92. The third-order valence-corrected chi connectivity index (χ3v) is 6.90. The summed E-state index contributed by atoms with van der Waals surface area (Å²) in [5, 5.41) is 5.63. The summed E-state index contributed by atoms with van der Waals surface area (Å²) < 4.78 is 28.3. The predicted molar refractivity (Wildman–Crippen MR) is 135 cm³/mol. The van der Waals surface area contributed by atoms with Crippen molar-refractivity contribution in [3.63, 3.8) is 0 Å². The number of fused-ring (bicyclic) bond motifs is 2. The number of amides is 1. The van der Waals surface area contributed by atoms with Gasteiger partial charge in [-0.05, 0) is 64.9 Å². The minimum atomic E-state index is -3.74. The number of hydrogen-bond acceptors (Lipinski definition) is 4. The highest BCUT2D eigenvalue weighted by Crippen LogP contribution is 2.23. The second-order valence-corrected chi connectivity index (χ2v) is 9.59. The molecule has 0 saturated heterocycles. The molecule has 0 aliphatic carbocycles. The first-order valence-electron chi connectivity index (χ1n) is 10.7. The molecule has 1 aromatic heterocycles. The molecule has 0 fully saturated rings. The maximum absolute atomic E-state index is 12.8. The standard InChI is InChI=1S/C27H21N3O3S/c31-27(29-26-9-3-8-25-24(26)7-4-16-28-25)17-19-10-13-22(14-11-19)30-34(32,33)23-15-12-20-5-1-2-6-21(20)18-23/h1-16,18,30H,17H2,(H,29,31). The van der Waals surface area contributed by atoms with Crippen molar-refractivity contribution >= 4 is 49.0 Å². The molecule has 0 aliphatic rings. The second kappa shape index (κ2) is 8.96. The lowest BCUT2D eigenvalue weighted by Crippen LogP contribution is -2.15. The fraction of sp³-hybridized carbons (Fsp3) is 0.0370. The van der Waals surface area contributed by atoms with Crippen LogP contribution in [0.1, 0.15) is 5.56 Å². The number of nitrogens with one attached hydrogen (secondary N) is 2. The molecule has 5 aromatic rings. The summed E-state index contributed by atoms with van der Waals surface area (Å²) in [6.07, 6.45) is 1.87. The SMILES string of the molecule is O=C(Cc1ccc(NS(=O)(=O)c2ccc3ccccc3c2)cc1)Nc1cccc2ncccc12. The van der Waals surface area contributed by atoms with Gasteiger partial charge >= 0.3 is 0 Å². The number of carbonyl (C=O) groups is 1. The molecule has 0 radical (unpaired) electrons. The normalized spacial score (nSPS) is 11.4. The number of aromatic nitrogens is 1. The van der Waals surface area contributed by atoms with Crippen LogP contribution in [0.25, 0.3) is 21.7 Å². The van der Waals surface area contributed by atoms with Crippen molar-refractivity contribution in [3.05, 3.63) is 109 Å². The second-order valence-electron chi connectivity index (χ2n) is 7.91. The molecular formula is C27H21N3O3S. The zero-order valence-corrected chi connectivity index (χ0v) is 18.9. The Bertz CT molecular complexity index is 1610.